The number of thiazole rings is 1. The van der Waals surface area contributed by atoms with E-state index in [1.54, 1.807) is 11.3 Å². The number of nitrogens with one attached hydrogen (secondary N) is 1. The van der Waals surface area contributed by atoms with Gasteiger partial charge in [-0.25, -0.2) is 9.97 Å². The summed E-state index contributed by atoms with van der Waals surface area (Å²) in [6, 6.07) is 10.00. The predicted octanol–water partition coefficient (Wildman–Crippen LogP) is 3.95. The Labute approximate surface area is 136 Å². The first kappa shape index (κ1) is 13.7. The van der Waals surface area contributed by atoms with Crippen LogP contribution in [0.25, 0.3) is 27.6 Å². The van der Waals surface area contributed by atoms with E-state index in [0.29, 0.717) is 11.4 Å². The SMILES string of the molecule is Cc1cn2c(C=C(C#N)c3nc4ccccc4[nH]3)c(C)nc2s1. The van der Waals surface area contributed by atoms with Crippen LogP contribution in [0, 0.1) is 25.2 Å². The zero-order valence-corrected chi connectivity index (χ0v) is 13.5. The molecule has 0 fully saturated rings. The molecule has 0 unspecified atom stereocenters. The van der Waals surface area contributed by atoms with Crippen LogP contribution in [0.1, 0.15) is 22.1 Å². The monoisotopic (exact) mass is 319 g/mol. The maximum Gasteiger partial charge on any atom is 0.194 e. The summed E-state index contributed by atoms with van der Waals surface area (Å²) in [5.74, 6) is 0.579. The highest BCUT2D eigenvalue weighted by Gasteiger charge is 2.13. The van der Waals surface area contributed by atoms with E-state index in [-0.39, 0.29) is 0 Å². The number of hydrogen-bond donors (Lipinski definition) is 1. The minimum atomic E-state index is 0.495. The molecule has 0 atom stereocenters. The van der Waals surface area contributed by atoms with Crippen molar-refractivity contribution in [2.24, 2.45) is 0 Å². The van der Waals surface area contributed by atoms with E-state index in [0.717, 1.165) is 27.4 Å². The molecule has 4 rings (SSSR count). The molecular formula is C17H13N5S. The van der Waals surface area contributed by atoms with Crippen LogP contribution >= 0.6 is 11.3 Å². The Balaban J connectivity index is 1.89. The van der Waals surface area contributed by atoms with Gasteiger partial charge in [0.15, 0.2) is 4.96 Å². The highest BCUT2D eigenvalue weighted by atomic mass is 32.1. The average Bonchev–Trinajstić information content (AvgIpc) is 3.18. The van der Waals surface area contributed by atoms with Crippen LogP contribution < -0.4 is 0 Å². The summed E-state index contributed by atoms with van der Waals surface area (Å²) >= 11 is 1.64. The number of imidazole rings is 2. The van der Waals surface area contributed by atoms with Crippen molar-refractivity contribution < 1.29 is 0 Å². The van der Waals surface area contributed by atoms with Crippen molar-refractivity contribution in [2.75, 3.05) is 0 Å². The molecule has 0 bridgehead atoms. The van der Waals surface area contributed by atoms with Gasteiger partial charge in [0.2, 0.25) is 0 Å². The molecule has 0 aliphatic carbocycles. The Kier molecular flexibility index (Phi) is 3.03. The number of aromatic amines is 1. The highest BCUT2D eigenvalue weighted by Crippen LogP contribution is 2.25. The summed E-state index contributed by atoms with van der Waals surface area (Å²) in [6.07, 6.45) is 3.89. The molecule has 0 spiro atoms. The maximum absolute atomic E-state index is 9.57. The maximum atomic E-state index is 9.57. The van der Waals surface area contributed by atoms with Gasteiger partial charge < -0.3 is 4.98 Å². The van der Waals surface area contributed by atoms with Gasteiger partial charge >= 0.3 is 0 Å². The molecule has 3 aromatic heterocycles. The Bertz CT molecular complexity index is 1070. The van der Waals surface area contributed by atoms with Crippen LogP contribution in [-0.4, -0.2) is 19.4 Å². The lowest BCUT2D eigenvalue weighted by molar-refractivity contribution is 1.18. The molecule has 0 saturated carbocycles. The van der Waals surface area contributed by atoms with Crippen molar-refractivity contribution in [3.05, 3.63) is 52.6 Å². The van der Waals surface area contributed by atoms with Gasteiger partial charge in [-0.3, -0.25) is 4.40 Å². The molecule has 112 valence electrons. The lowest BCUT2D eigenvalue weighted by atomic mass is 10.2. The van der Waals surface area contributed by atoms with Crippen LogP contribution in [-0.2, 0) is 0 Å². The van der Waals surface area contributed by atoms with Gasteiger partial charge in [-0.15, -0.1) is 11.3 Å². The molecule has 4 aromatic rings. The first-order valence-corrected chi connectivity index (χ1v) is 7.99. The minimum Gasteiger partial charge on any atom is -0.337 e. The molecule has 5 nitrogen and oxygen atoms in total. The van der Waals surface area contributed by atoms with E-state index >= 15 is 0 Å². The Hall–Kier alpha value is -2.91. The van der Waals surface area contributed by atoms with Gasteiger partial charge in [-0.1, -0.05) is 12.1 Å². The number of benzene rings is 1. The number of nitriles is 1. The normalized spacial score (nSPS) is 12.1. The third-order valence-electron chi connectivity index (χ3n) is 3.71. The summed E-state index contributed by atoms with van der Waals surface area (Å²) in [5.41, 5.74) is 4.09. The number of allylic oxidation sites excluding steroid dienone is 1. The Morgan fingerprint density at radius 2 is 2.13 bits per heavy atom. The van der Waals surface area contributed by atoms with Gasteiger partial charge in [0.25, 0.3) is 0 Å². The van der Waals surface area contributed by atoms with Gasteiger partial charge in [0.05, 0.1) is 28.0 Å². The number of nitrogens with zero attached hydrogens (tertiary/aromatic N) is 4. The van der Waals surface area contributed by atoms with E-state index in [4.69, 9.17) is 0 Å². The second-order valence-corrected chi connectivity index (χ2v) is 6.56. The van der Waals surface area contributed by atoms with Gasteiger partial charge in [-0.05, 0) is 32.1 Å². The number of aryl methyl sites for hydroxylation is 2. The molecule has 0 radical (unpaired) electrons. The van der Waals surface area contributed by atoms with Crippen molar-refractivity contribution in [1.29, 1.82) is 5.26 Å². The molecule has 0 aliphatic rings. The number of hydrogen-bond acceptors (Lipinski definition) is 4. The predicted molar refractivity (Wildman–Crippen MR) is 92.1 cm³/mol. The second kappa shape index (κ2) is 5.07. The van der Waals surface area contributed by atoms with Crippen LogP contribution in [0.3, 0.4) is 0 Å². The number of fused-ring (bicyclic) bond motifs is 2. The third-order valence-corrected chi connectivity index (χ3v) is 4.61. The van der Waals surface area contributed by atoms with E-state index in [1.807, 2.05) is 54.8 Å². The molecule has 6 heteroatoms. The van der Waals surface area contributed by atoms with Crippen molar-refractivity contribution >= 4 is 39.0 Å². The van der Waals surface area contributed by atoms with Crippen LogP contribution in [0.2, 0.25) is 0 Å². The lowest BCUT2D eigenvalue weighted by Gasteiger charge is -1.96. The Morgan fingerprint density at radius 3 is 2.91 bits per heavy atom. The zero-order chi connectivity index (χ0) is 16.0. The summed E-state index contributed by atoms with van der Waals surface area (Å²) in [6.45, 7) is 4.00. The quantitative estimate of drug-likeness (QED) is 0.569. The van der Waals surface area contributed by atoms with Crippen LogP contribution in [0.5, 0.6) is 0 Å². The number of aromatic nitrogens is 4. The molecular weight excluding hydrogens is 306 g/mol. The van der Waals surface area contributed by atoms with Crippen LogP contribution in [0.4, 0.5) is 0 Å². The first-order valence-electron chi connectivity index (χ1n) is 7.18. The van der Waals surface area contributed by atoms with Crippen molar-refractivity contribution in [1.82, 2.24) is 19.4 Å². The first-order chi connectivity index (χ1) is 11.2. The molecule has 23 heavy (non-hydrogen) atoms. The lowest BCUT2D eigenvalue weighted by Crippen LogP contribution is -1.89. The van der Waals surface area contributed by atoms with Crippen molar-refractivity contribution in [3.8, 4) is 6.07 Å². The smallest absolute Gasteiger partial charge is 0.194 e. The van der Waals surface area contributed by atoms with Gasteiger partial charge in [-0.2, -0.15) is 5.26 Å². The third kappa shape index (κ3) is 2.22. The zero-order valence-electron chi connectivity index (χ0n) is 12.7. The molecule has 0 saturated heterocycles. The van der Waals surface area contributed by atoms with Crippen molar-refractivity contribution in [2.45, 2.75) is 13.8 Å². The minimum absolute atomic E-state index is 0.495. The largest absolute Gasteiger partial charge is 0.337 e. The van der Waals surface area contributed by atoms with E-state index in [9.17, 15) is 5.26 Å². The fourth-order valence-electron chi connectivity index (χ4n) is 2.63. The number of H-pyrrole nitrogens is 1. The van der Waals surface area contributed by atoms with Gasteiger partial charge in [0.1, 0.15) is 11.9 Å². The summed E-state index contributed by atoms with van der Waals surface area (Å²) in [7, 11) is 0. The molecule has 3 heterocycles. The topological polar surface area (TPSA) is 69.8 Å². The summed E-state index contributed by atoms with van der Waals surface area (Å²) in [4.78, 5) is 14.4. The molecule has 0 aliphatic heterocycles. The van der Waals surface area contributed by atoms with Gasteiger partial charge in [0, 0.05) is 11.1 Å². The molecule has 1 N–H and O–H groups in total. The molecule has 1 aromatic carbocycles. The standard InChI is InChI=1S/C17H13N5S/c1-10-9-22-15(11(2)19-17(22)23-10)7-12(8-18)16-20-13-5-3-4-6-14(13)21-16/h3-7,9H,1-2H3,(H,20,21). The van der Waals surface area contributed by atoms with Crippen molar-refractivity contribution in [3.63, 3.8) is 0 Å². The number of para-hydroxylation sites is 2. The Morgan fingerprint density at radius 1 is 1.30 bits per heavy atom. The second-order valence-electron chi connectivity index (χ2n) is 5.35. The average molecular weight is 319 g/mol. The van der Waals surface area contributed by atoms with E-state index in [1.165, 1.54) is 4.88 Å². The van der Waals surface area contributed by atoms with Crippen LogP contribution in [0.15, 0.2) is 30.5 Å². The number of rotatable bonds is 2. The fraction of sp³-hybridized carbons (Fsp3) is 0.118. The highest BCUT2D eigenvalue weighted by molar-refractivity contribution is 7.17. The molecule has 0 amide bonds. The summed E-state index contributed by atoms with van der Waals surface area (Å²) < 4.78 is 2.02. The fourth-order valence-corrected chi connectivity index (χ4v) is 3.50. The van der Waals surface area contributed by atoms with E-state index < -0.39 is 0 Å². The van der Waals surface area contributed by atoms with E-state index in [2.05, 4.69) is 21.0 Å². The summed E-state index contributed by atoms with van der Waals surface area (Å²) in [5, 5.41) is 9.57.